The van der Waals surface area contributed by atoms with Crippen molar-refractivity contribution < 1.29 is 18.8 Å². The highest BCUT2D eigenvalue weighted by atomic mass is 19.1. The number of barbiturate groups is 1. The summed E-state index contributed by atoms with van der Waals surface area (Å²) in [7, 11) is 0. The van der Waals surface area contributed by atoms with Crippen LogP contribution >= 0.6 is 0 Å². The zero-order chi connectivity index (χ0) is 18.0. The monoisotopic (exact) mass is 338 g/mol. The van der Waals surface area contributed by atoms with E-state index in [1.807, 2.05) is 19.1 Å². The molecule has 6 heteroatoms. The fourth-order valence-electron chi connectivity index (χ4n) is 2.52. The number of anilines is 1. The third kappa shape index (κ3) is 3.33. The topological polar surface area (TPSA) is 66.5 Å². The summed E-state index contributed by atoms with van der Waals surface area (Å²) in [6.07, 6.45) is 2.29. The Morgan fingerprint density at radius 3 is 2.44 bits per heavy atom. The minimum absolute atomic E-state index is 0.0576. The standard InChI is InChI=1S/C19H15FN2O3/c1-2-12-6-8-13(9-7-12)10-16-17(23)21-19(25)22(18(16)24)15-5-3-4-14(20)11-15/h3-11H,2H2,1H3,(H,21,23,25)/b16-10+. The molecule has 0 aliphatic carbocycles. The molecule has 25 heavy (non-hydrogen) atoms. The first-order valence-electron chi connectivity index (χ1n) is 7.75. The van der Waals surface area contributed by atoms with E-state index in [0.29, 0.717) is 5.56 Å². The fraction of sp³-hybridized carbons (Fsp3) is 0.105. The van der Waals surface area contributed by atoms with Crippen molar-refractivity contribution >= 4 is 29.6 Å². The molecule has 4 amide bonds. The number of rotatable bonds is 3. The van der Waals surface area contributed by atoms with Crippen LogP contribution in [0.3, 0.4) is 0 Å². The van der Waals surface area contributed by atoms with Gasteiger partial charge in [0.25, 0.3) is 11.8 Å². The molecule has 0 unspecified atom stereocenters. The fourth-order valence-corrected chi connectivity index (χ4v) is 2.52. The van der Waals surface area contributed by atoms with Gasteiger partial charge in [-0.3, -0.25) is 14.9 Å². The van der Waals surface area contributed by atoms with Crippen molar-refractivity contribution in [3.63, 3.8) is 0 Å². The molecule has 0 bridgehead atoms. The van der Waals surface area contributed by atoms with Gasteiger partial charge in [0.15, 0.2) is 0 Å². The summed E-state index contributed by atoms with van der Waals surface area (Å²) in [4.78, 5) is 37.5. The SMILES string of the molecule is CCc1ccc(/C=C2\C(=O)NC(=O)N(c3cccc(F)c3)C2=O)cc1. The van der Waals surface area contributed by atoms with Gasteiger partial charge < -0.3 is 0 Å². The lowest BCUT2D eigenvalue weighted by Crippen LogP contribution is -2.54. The minimum Gasteiger partial charge on any atom is -0.273 e. The predicted octanol–water partition coefficient (Wildman–Crippen LogP) is 3.05. The Balaban J connectivity index is 1.98. The van der Waals surface area contributed by atoms with Gasteiger partial charge in [0, 0.05) is 0 Å². The molecule has 3 rings (SSSR count). The molecule has 126 valence electrons. The third-order valence-corrected chi connectivity index (χ3v) is 3.87. The maximum absolute atomic E-state index is 13.4. The van der Waals surface area contributed by atoms with Crippen molar-refractivity contribution in [3.8, 4) is 0 Å². The molecule has 1 saturated heterocycles. The van der Waals surface area contributed by atoms with Crippen LogP contribution in [-0.2, 0) is 16.0 Å². The maximum Gasteiger partial charge on any atom is 0.335 e. The van der Waals surface area contributed by atoms with Crippen LogP contribution < -0.4 is 10.2 Å². The van der Waals surface area contributed by atoms with Gasteiger partial charge in [-0.05, 0) is 41.8 Å². The molecule has 2 aromatic carbocycles. The van der Waals surface area contributed by atoms with Gasteiger partial charge in [0.1, 0.15) is 11.4 Å². The van der Waals surface area contributed by atoms with Crippen molar-refractivity contribution in [1.29, 1.82) is 0 Å². The normalized spacial score (nSPS) is 16.3. The van der Waals surface area contributed by atoms with E-state index in [-0.39, 0.29) is 11.3 Å². The van der Waals surface area contributed by atoms with Gasteiger partial charge in [-0.1, -0.05) is 37.3 Å². The molecule has 1 N–H and O–H groups in total. The van der Waals surface area contributed by atoms with Gasteiger partial charge in [-0.25, -0.2) is 14.1 Å². The Morgan fingerprint density at radius 2 is 1.80 bits per heavy atom. The number of carbonyl (C=O) groups excluding carboxylic acids is 3. The molecular formula is C19H15FN2O3. The predicted molar refractivity (Wildman–Crippen MR) is 91.2 cm³/mol. The highest BCUT2D eigenvalue weighted by molar-refractivity contribution is 6.39. The number of hydrogen-bond donors (Lipinski definition) is 1. The first kappa shape index (κ1) is 16.6. The summed E-state index contributed by atoms with van der Waals surface area (Å²) < 4.78 is 13.4. The van der Waals surface area contributed by atoms with Crippen LogP contribution in [-0.4, -0.2) is 17.8 Å². The molecule has 2 aromatic rings. The van der Waals surface area contributed by atoms with E-state index in [1.165, 1.54) is 24.3 Å². The zero-order valence-electron chi connectivity index (χ0n) is 13.5. The van der Waals surface area contributed by atoms with Crippen molar-refractivity contribution in [2.45, 2.75) is 13.3 Å². The minimum atomic E-state index is -0.904. The Bertz CT molecular complexity index is 888. The van der Waals surface area contributed by atoms with Crippen LogP contribution in [0.2, 0.25) is 0 Å². The van der Waals surface area contributed by atoms with E-state index in [9.17, 15) is 18.8 Å². The summed E-state index contributed by atoms with van der Waals surface area (Å²) in [5, 5.41) is 2.11. The van der Waals surface area contributed by atoms with Crippen molar-refractivity contribution in [2.24, 2.45) is 0 Å². The Labute approximate surface area is 143 Å². The van der Waals surface area contributed by atoms with E-state index >= 15 is 0 Å². The van der Waals surface area contributed by atoms with Crippen LogP contribution in [0.15, 0.2) is 54.1 Å². The Kier molecular flexibility index (Phi) is 4.43. The van der Waals surface area contributed by atoms with Crippen molar-refractivity contribution in [1.82, 2.24) is 5.32 Å². The number of carbonyl (C=O) groups is 3. The largest absolute Gasteiger partial charge is 0.335 e. The molecule has 0 spiro atoms. The van der Waals surface area contributed by atoms with E-state index in [2.05, 4.69) is 5.32 Å². The molecule has 1 aliphatic heterocycles. The van der Waals surface area contributed by atoms with E-state index in [0.717, 1.165) is 23.0 Å². The average molecular weight is 338 g/mol. The second-order valence-corrected chi connectivity index (χ2v) is 5.53. The van der Waals surface area contributed by atoms with Crippen LogP contribution in [0.5, 0.6) is 0 Å². The molecule has 5 nitrogen and oxygen atoms in total. The van der Waals surface area contributed by atoms with Gasteiger partial charge >= 0.3 is 6.03 Å². The molecule has 0 aromatic heterocycles. The van der Waals surface area contributed by atoms with Crippen LogP contribution in [0.25, 0.3) is 6.08 Å². The number of hydrogen-bond acceptors (Lipinski definition) is 3. The first-order chi connectivity index (χ1) is 12.0. The highest BCUT2D eigenvalue weighted by Gasteiger charge is 2.36. The van der Waals surface area contributed by atoms with Crippen LogP contribution in [0.4, 0.5) is 14.9 Å². The average Bonchev–Trinajstić information content (AvgIpc) is 2.59. The number of amides is 4. The summed E-state index contributed by atoms with van der Waals surface area (Å²) in [5.41, 5.74) is 1.65. The van der Waals surface area contributed by atoms with Crippen LogP contribution in [0, 0.1) is 5.82 Å². The highest BCUT2D eigenvalue weighted by Crippen LogP contribution is 2.22. The number of imide groups is 2. The zero-order valence-corrected chi connectivity index (χ0v) is 13.5. The van der Waals surface area contributed by atoms with Crippen molar-refractivity contribution in [3.05, 3.63) is 71.0 Å². The quantitative estimate of drug-likeness (QED) is 0.691. The number of nitrogens with zero attached hydrogens (tertiary/aromatic N) is 1. The lowest BCUT2D eigenvalue weighted by Gasteiger charge is -2.26. The molecule has 1 heterocycles. The van der Waals surface area contributed by atoms with E-state index in [1.54, 1.807) is 12.1 Å². The lowest BCUT2D eigenvalue weighted by molar-refractivity contribution is -0.122. The lowest BCUT2D eigenvalue weighted by atomic mass is 10.0. The summed E-state index contributed by atoms with van der Waals surface area (Å²) in [5.74, 6) is -2.16. The second kappa shape index (κ2) is 6.68. The van der Waals surface area contributed by atoms with Gasteiger partial charge in [-0.2, -0.15) is 0 Å². The number of halogens is 1. The Morgan fingerprint density at radius 1 is 1.08 bits per heavy atom. The number of nitrogens with one attached hydrogen (secondary N) is 1. The third-order valence-electron chi connectivity index (χ3n) is 3.87. The molecule has 1 aliphatic rings. The number of urea groups is 1. The smallest absolute Gasteiger partial charge is 0.273 e. The van der Waals surface area contributed by atoms with E-state index in [4.69, 9.17) is 0 Å². The van der Waals surface area contributed by atoms with Crippen LogP contribution in [0.1, 0.15) is 18.1 Å². The van der Waals surface area contributed by atoms with Crippen molar-refractivity contribution in [2.75, 3.05) is 4.90 Å². The Hall–Kier alpha value is -3.28. The number of benzene rings is 2. The molecule has 0 saturated carbocycles. The maximum atomic E-state index is 13.4. The molecular weight excluding hydrogens is 323 g/mol. The molecule has 0 radical (unpaired) electrons. The van der Waals surface area contributed by atoms with Gasteiger partial charge in [-0.15, -0.1) is 0 Å². The summed E-state index contributed by atoms with van der Waals surface area (Å²) >= 11 is 0. The van der Waals surface area contributed by atoms with Gasteiger partial charge in [0.2, 0.25) is 0 Å². The molecule has 0 atom stereocenters. The number of aryl methyl sites for hydroxylation is 1. The second-order valence-electron chi connectivity index (χ2n) is 5.53. The summed E-state index contributed by atoms with van der Waals surface area (Å²) in [6, 6.07) is 11.5. The van der Waals surface area contributed by atoms with Gasteiger partial charge in [0.05, 0.1) is 5.69 Å². The first-order valence-corrected chi connectivity index (χ1v) is 7.75. The summed E-state index contributed by atoms with van der Waals surface area (Å²) in [6.45, 7) is 2.02. The van der Waals surface area contributed by atoms with E-state index < -0.39 is 23.7 Å². The molecule has 1 fully saturated rings.